The number of hydrogen-bond donors (Lipinski definition) is 1. The minimum atomic E-state index is -0.547. The van der Waals surface area contributed by atoms with Gasteiger partial charge in [0.1, 0.15) is 0 Å². The highest BCUT2D eigenvalue weighted by Crippen LogP contribution is 2.20. The van der Waals surface area contributed by atoms with Crippen molar-refractivity contribution in [3.8, 4) is 11.4 Å². The number of hydrogen-bond acceptors (Lipinski definition) is 4. The minimum Gasteiger partial charge on any atom is -0.387 e. The van der Waals surface area contributed by atoms with Crippen molar-refractivity contribution in [2.75, 3.05) is 19.6 Å². The Morgan fingerprint density at radius 2 is 1.81 bits per heavy atom. The molecule has 4 heteroatoms. The Labute approximate surface area is 126 Å². The summed E-state index contributed by atoms with van der Waals surface area (Å²) in [6, 6.07) is 9.88. The maximum Gasteiger partial charge on any atom is 0.159 e. The monoisotopic (exact) mass is 285 g/mol. The molecule has 112 valence electrons. The lowest BCUT2D eigenvalue weighted by Gasteiger charge is -2.22. The fraction of sp³-hybridized carbons (Fsp3) is 0.412. The highest BCUT2D eigenvalue weighted by atomic mass is 16.3. The van der Waals surface area contributed by atoms with Gasteiger partial charge in [-0.05, 0) is 20.0 Å². The van der Waals surface area contributed by atoms with Gasteiger partial charge in [-0.1, -0.05) is 44.2 Å². The summed E-state index contributed by atoms with van der Waals surface area (Å²) < 4.78 is 0. The summed E-state index contributed by atoms with van der Waals surface area (Å²) >= 11 is 0. The zero-order valence-electron chi connectivity index (χ0n) is 13.0. The molecule has 1 aromatic heterocycles. The number of rotatable bonds is 6. The van der Waals surface area contributed by atoms with Crippen LogP contribution in [0, 0.1) is 6.92 Å². The molecule has 0 amide bonds. The highest BCUT2D eigenvalue weighted by Gasteiger charge is 2.15. The second-order valence-electron chi connectivity index (χ2n) is 5.10. The average molecular weight is 285 g/mol. The summed E-state index contributed by atoms with van der Waals surface area (Å²) in [7, 11) is 0. The van der Waals surface area contributed by atoms with Gasteiger partial charge in [0.2, 0.25) is 0 Å². The second kappa shape index (κ2) is 7.29. The van der Waals surface area contributed by atoms with Crippen molar-refractivity contribution in [1.82, 2.24) is 14.9 Å². The van der Waals surface area contributed by atoms with Crippen LogP contribution >= 0.6 is 0 Å². The Balaban J connectivity index is 2.19. The normalized spacial score (nSPS) is 12.6. The van der Waals surface area contributed by atoms with Gasteiger partial charge in [-0.25, -0.2) is 9.97 Å². The summed E-state index contributed by atoms with van der Waals surface area (Å²) in [6.07, 6.45) is 1.20. The molecule has 0 aliphatic heterocycles. The van der Waals surface area contributed by atoms with Gasteiger partial charge in [0.05, 0.1) is 6.10 Å². The van der Waals surface area contributed by atoms with Crippen molar-refractivity contribution in [3.63, 3.8) is 0 Å². The van der Waals surface area contributed by atoms with E-state index in [1.807, 2.05) is 37.3 Å². The molecule has 0 bridgehead atoms. The van der Waals surface area contributed by atoms with Gasteiger partial charge in [-0.2, -0.15) is 0 Å². The maximum atomic E-state index is 10.4. The molecule has 0 saturated carbocycles. The lowest BCUT2D eigenvalue weighted by molar-refractivity contribution is 0.118. The quantitative estimate of drug-likeness (QED) is 0.886. The lowest BCUT2D eigenvalue weighted by atomic mass is 10.1. The third kappa shape index (κ3) is 3.86. The first kappa shape index (κ1) is 15.6. The van der Waals surface area contributed by atoms with E-state index in [0.29, 0.717) is 12.4 Å². The summed E-state index contributed by atoms with van der Waals surface area (Å²) in [5.41, 5.74) is 2.63. The first-order chi connectivity index (χ1) is 10.2. The van der Waals surface area contributed by atoms with E-state index in [4.69, 9.17) is 0 Å². The first-order valence-corrected chi connectivity index (χ1v) is 7.45. The molecule has 0 aliphatic carbocycles. The molecule has 0 aliphatic rings. The smallest absolute Gasteiger partial charge is 0.159 e. The summed E-state index contributed by atoms with van der Waals surface area (Å²) in [5.74, 6) is 0.701. The van der Waals surface area contributed by atoms with E-state index in [-0.39, 0.29) is 0 Å². The molecule has 21 heavy (non-hydrogen) atoms. The van der Waals surface area contributed by atoms with E-state index >= 15 is 0 Å². The van der Waals surface area contributed by atoms with Gasteiger partial charge < -0.3 is 10.0 Å². The molecule has 1 aromatic carbocycles. The average Bonchev–Trinajstić information content (AvgIpc) is 2.53. The Morgan fingerprint density at radius 1 is 1.14 bits per heavy atom. The topological polar surface area (TPSA) is 49.2 Å². The van der Waals surface area contributed by atoms with Crippen molar-refractivity contribution >= 4 is 0 Å². The molecule has 0 spiro atoms. The number of nitrogens with zero attached hydrogens (tertiary/aromatic N) is 3. The predicted octanol–water partition coefficient (Wildman–Crippen LogP) is 2.83. The van der Waals surface area contributed by atoms with E-state index in [0.717, 1.165) is 29.9 Å². The minimum absolute atomic E-state index is 0.547. The molecule has 0 saturated heterocycles. The van der Waals surface area contributed by atoms with Crippen molar-refractivity contribution in [2.24, 2.45) is 0 Å². The van der Waals surface area contributed by atoms with Crippen LogP contribution in [0.1, 0.15) is 31.2 Å². The van der Waals surface area contributed by atoms with Gasteiger partial charge in [0, 0.05) is 29.6 Å². The van der Waals surface area contributed by atoms with E-state index in [2.05, 4.69) is 28.7 Å². The van der Waals surface area contributed by atoms with Crippen LogP contribution in [0.15, 0.2) is 36.5 Å². The Kier molecular flexibility index (Phi) is 5.42. The van der Waals surface area contributed by atoms with E-state index < -0.39 is 6.10 Å². The van der Waals surface area contributed by atoms with Gasteiger partial charge in [-0.3, -0.25) is 0 Å². The van der Waals surface area contributed by atoms with E-state index in [9.17, 15) is 5.11 Å². The molecule has 1 N–H and O–H groups in total. The van der Waals surface area contributed by atoms with Crippen LogP contribution in [-0.4, -0.2) is 39.6 Å². The number of aryl methyl sites for hydroxylation is 1. The number of aliphatic hydroxyl groups is 1. The molecule has 1 atom stereocenters. The standard InChI is InChI=1S/C17H23N3O/c1-4-20(5-2)12-16(21)15-11-18-17(19-13(15)3)14-9-7-6-8-10-14/h6-11,16,21H,4-5,12H2,1-3H3/t16-/m1/s1. The third-order valence-corrected chi connectivity index (χ3v) is 3.73. The number of likely N-dealkylation sites (N-methyl/N-ethyl adjacent to an activating group) is 1. The molecule has 0 unspecified atom stereocenters. The molecule has 0 fully saturated rings. The van der Waals surface area contributed by atoms with Crippen molar-refractivity contribution in [1.29, 1.82) is 0 Å². The van der Waals surface area contributed by atoms with Crippen LogP contribution in [0.3, 0.4) is 0 Å². The van der Waals surface area contributed by atoms with Crippen molar-refractivity contribution < 1.29 is 5.11 Å². The summed E-state index contributed by atoms with van der Waals surface area (Å²) in [4.78, 5) is 11.1. The highest BCUT2D eigenvalue weighted by molar-refractivity contribution is 5.54. The molecule has 1 heterocycles. The predicted molar refractivity (Wildman–Crippen MR) is 85.0 cm³/mol. The van der Waals surface area contributed by atoms with Crippen LogP contribution in [0.4, 0.5) is 0 Å². The molecule has 0 radical (unpaired) electrons. The van der Waals surface area contributed by atoms with Crippen LogP contribution in [0.5, 0.6) is 0 Å². The maximum absolute atomic E-state index is 10.4. The fourth-order valence-corrected chi connectivity index (χ4v) is 2.35. The van der Waals surface area contributed by atoms with Crippen molar-refractivity contribution in [3.05, 3.63) is 47.8 Å². The molecule has 2 rings (SSSR count). The van der Waals surface area contributed by atoms with Crippen molar-refractivity contribution in [2.45, 2.75) is 26.9 Å². The number of aromatic nitrogens is 2. The van der Waals surface area contributed by atoms with Gasteiger partial charge >= 0.3 is 0 Å². The SMILES string of the molecule is CCN(CC)C[C@@H](O)c1cnc(-c2ccccc2)nc1C. The van der Waals surface area contributed by atoms with Gasteiger partial charge in [0.15, 0.2) is 5.82 Å². The van der Waals surface area contributed by atoms with Crippen LogP contribution in [-0.2, 0) is 0 Å². The summed E-state index contributed by atoms with van der Waals surface area (Å²) in [5, 5.41) is 10.4. The second-order valence-corrected chi connectivity index (χ2v) is 5.10. The van der Waals surface area contributed by atoms with Crippen LogP contribution < -0.4 is 0 Å². The Morgan fingerprint density at radius 3 is 2.38 bits per heavy atom. The van der Waals surface area contributed by atoms with E-state index in [1.165, 1.54) is 0 Å². The largest absolute Gasteiger partial charge is 0.387 e. The fourth-order valence-electron chi connectivity index (χ4n) is 2.35. The zero-order chi connectivity index (χ0) is 15.2. The lowest BCUT2D eigenvalue weighted by Crippen LogP contribution is -2.28. The summed E-state index contributed by atoms with van der Waals surface area (Å²) in [6.45, 7) is 8.58. The molecule has 2 aromatic rings. The third-order valence-electron chi connectivity index (χ3n) is 3.73. The van der Waals surface area contributed by atoms with Gasteiger partial charge in [0.25, 0.3) is 0 Å². The van der Waals surface area contributed by atoms with Crippen LogP contribution in [0.2, 0.25) is 0 Å². The molecular weight excluding hydrogens is 262 g/mol. The number of aliphatic hydroxyl groups excluding tert-OH is 1. The van der Waals surface area contributed by atoms with Gasteiger partial charge in [-0.15, -0.1) is 0 Å². The zero-order valence-corrected chi connectivity index (χ0v) is 13.0. The molecular formula is C17H23N3O. The first-order valence-electron chi connectivity index (χ1n) is 7.45. The Bertz CT molecular complexity index is 568. The molecule has 4 nitrogen and oxygen atoms in total. The Hall–Kier alpha value is -1.78. The van der Waals surface area contributed by atoms with Crippen LogP contribution in [0.25, 0.3) is 11.4 Å². The van der Waals surface area contributed by atoms with E-state index in [1.54, 1.807) is 6.20 Å². The number of benzene rings is 1.